The molecule has 2 aromatic carbocycles. The van der Waals surface area contributed by atoms with Gasteiger partial charge < -0.3 is 5.32 Å². The van der Waals surface area contributed by atoms with Crippen molar-refractivity contribution in [3.63, 3.8) is 0 Å². The predicted molar refractivity (Wildman–Crippen MR) is 77.6 cm³/mol. The Hall–Kier alpha value is -1.67. The van der Waals surface area contributed by atoms with Gasteiger partial charge in [0.25, 0.3) is 0 Å². The average Bonchev–Trinajstić information content (AvgIpc) is 2.40. The van der Waals surface area contributed by atoms with Crippen LogP contribution in [0.2, 0.25) is 0 Å². The van der Waals surface area contributed by atoms with Gasteiger partial charge in [-0.15, -0.1) is 0 Å². The minimum atomic E-state index is -0.137. The van der Waals surface area contributed by atoms with Crippen LogP contribution in [0, 0.1) is 19.7 Å². The van der Waals surface area contributed by atoms with Crippen molar-refractivity contribution in [2.75, 3.05) is 0 Å². The third-order valence-corrected chi connectivity index (χ3v) is 3.39. The summed E-state index contributed by atoms with van der Waals surface area (Å²) in [4.78, 5) is 0. The van der Waals surface area contributed by atoms with E-state index in [4.69, 9.17) is 0 Å². The van der Waals surface area contributed by atoms with E-state index in [0.29, 0.717) is 12.1 Å². The Bertz CT molecular complexity index is 563. The van der Waals surface area contributed by atoms with Crippen LogP contribution in [0.3, 0.4) is 0 Å². The van der Waals surface area contributed by atoms with E-state index in [9.17, 15) is 4.39 Å². The minimum Gasteiger partial charge on any atom is -0.306 e. The van der Waals surface area contributed by atoms with Crippen LogP contribution in [0.4, 0.5) is 4.39 Å². The minimum absolute atomic E-state index is 0.137. The van der Waals surface area contributed by atoms with Gasteiger partial charge in [0, 0.05) is 12.6 Å². The third kappa shape index (κ3) is 3.65. The molecule has 0 bridgehead atoms. The van der Waals surface area contributed by atoms with Gasteiger partial charge in [-0.2, -0.15) is 0 Å². The maximum Gasteiger partial charge on any atom is 0.126 e. The van der Waals surface area contributed by atoms with Gasteiger partial charge in [0.05, 0.1) is 0 Å². The first-order chi connectivity index (χ1) is 9.06. The van der Waals surface area contributed by atoms with E-state index < -0.39 is 0 Å². The molecule has 100 valence electrons. The SMILES string of the molecule is Cc1cccc([C@@H](C)NCc2ccc(C)c(F)c2)c1. The summed E-state index contributed by atoms with van der Waals surface area (Å²) in [6.07, 6.45) is 0. The summed E-state index contributed by atoms with van der Waals surface area (Å²) in [5.74, 6) is -0.137. The van der Waals surface area contributed by atoms with Crippen LogP contribution in [0.25, 0.3) is 0 Å². The van der Waals surface area contributed by atoms with E-state index in [2.05, 4.69) is 43.4 Å². The summed E-state index contributed by atoms with van der Waals surface area (Å²) in [6, 6.07) is 14.1. The summed E-state index contributed by atoms with van der Waals surface area (Å²) in [7, 11) is 0. The lowest BCUT2D eigenvalue weighted by molar-refractivity contribution is 0.568. The molecule has 1 nitrogen and oxygen atoms in total. The third-order valence-electron chi connectivity index (χ3n) is 3.39. The zero-order valence-corrected chi connectivity index (χ0v) is 11.7. The molecule has 1 N–H and O–H groups in total. The Morgan fingerprint density at radius 1 is 1.11 bits per heavy atom. The predicted octanol–water partition coefficient (Wildman–Crippen LogP) is 4.29. The largest absolute Gasteiger partial charge is 0.306 e. The van der Waals surface area contributed by atoms with Crippen molar-refractivity contribution in [2.45, 2.75) is 33.4 Å². The molecule has 0 aromatic heterocycles. The summed E-state index contributed by atoms with van der Waals surface area (Å²) >= 11 is 0. The maximum atomic E-state index is 13.5. The number of rotatable bonds is 4. The van der Waals surface area contributed by atoms with Crippen LogP contribution in [-0.4, -0.2) is 0 Å². The second-order valence-corrected chi connectivity index (χ2v) is 5.10. The van der Waals surface area contributed by atoms with Gasteiger partial charge in [0.2, 0.25) is 0 Å². The number of nitrogens with one attached hydrogen (secondary N) is 1. The Balaban J connectivity index is 2.00. The molecule has 0 saturated heterocycles. The van der Waals surface area contributed by atoms with Crippen LogP contribution in [0.5, 0.6) is 0 Å². The number of halogens is 1. The lowest BCUT2D eigenvalue weighted by atomic mass is 10.1. The fourth-order valence-corrected chi connectivity index (χ4v) is 2.07. The Morgan fingerprint density at radius 3 is 2.58 bits per heavy atom. The Morgan fingerprint density at radius 2 is 1.89 bits per heavy atom. The van der Waals surface area contributed by atoms with Gasteiger partial charge in [-0.25, -0.2) is 4.39 Å². The van der Waals surface area contributed by atoms with E-state index in [-0.39, 0.29) is 11.9 Å². The van der Waals surface area contributed by atoms with Crippen LogP contribution in [-0.2, 0) is 6.54 Å². The molecule has 0 radical (unpaired) electrons. The highest BCUT2D eigenvalue weighted by Crippen LogP contribution is 2.15. The molecule has 0 spiro atoms. The van der Waals surface area contributed by atoms with Gasteiger partial charge in [0.15, 0.2) is 0 Å². The van der Waals surface area contributed by atoms with Crippen molar-refractivity contribution < 1.29 is 4.39 Å². The lowest BCUT2D eigenvalue weighted by Crippen LogP contribution is -2.18. The molecule has 0 aliphatic rings. The molecule has 19 heavy (non-hydrogen) atoms. The smallest absolute Gasteiger partial charge is 0.126 e. The lowest BCUT2D eigenvalue weighted by Gasteiger charge is -2.15. The standard InChI is InChI=1S/C17H20FN/c1-12-5-4-6-16(9-12)14(3)19-11-15-8-7-13(2)17(18)10-15/h4-10,14,19H,11H2,1-3H3/t14-/m1/s1. The highest BCUT2D eigenvalue weighted by molar-refractivity contribution is 5.26. The topological polar surface area (TPSA) is 12.0 Å². The molecule has 0 heterocycles. The second-order valence-electron chi connectivity index (χ2n) is 5.10. The first-order valence-electron chi connectivity index (χ1n) is 6.61. The van der Waals surface area contributed by atoms with Crippen LogP contribution < -0.4 is 5.32 Å². The highest BCUT2D eigenvalue weighted by Gasteiger charge is 2.05. The van der Waals surface area contributed by atoms with Crippen molar-refractivity contribution in [1.29, 1.82) is 0 Å². The van der Waals surface area contributed by atoms with Gasteiger partial charge in [-0.05, 0) is 43.5 Å². The quantitative estimate of drug-likeness (QED) is 0.861. The molecule has 1 atom stereocenters. The van der Waals surface area contributed by atoms with E-state index in [1.165, 1.54) is 11.1 Å². The zero-order chi connectivity index (χ0) is 13.8. The molecular weight excluding hydrogens is 237 g/mol. The van der Waals surface area contributed by atoms with Gasteiger partial charge in [-0.3, -0.25) is 0 Å². The molecule has 0 amide bonds. The normalized spacial score (nSPS) is 12.4. The summed E-state index contributed by atoms with van der Waals surface area (Å²) in [5, 5.41) is 3.42. The average molecular weight is 257 g/mol. The molecule has 0 saturated carbocycles. The molecule has 2 aromatic rings. The van der Waals surface area contributed by atoms with Crippen molar-refractivity contribution >= 4 is 0 Å². The summed E-state index contributed by atoms with van der Waals surface area (Å²) < 4.78 is 13.5. The maximum absolute atomic E-state index is 13.5. The first-order valence-corrected chi connectivity index (χ1v) is 6.61. The van der Waals surface area contributed by atoms with Crippen LogP contribution in [0.15, 0.2) is 42.5 Å². The molecule has 2 rings (SSSR count). The van der Waals surface area contributed by atoms with Crippen molar-refractivity contribution in [2.24, 2.45) is 0 Å². The van der Waals surface area contributed by atoms with E-state index in [1.54, 1.807) is 13.0 Å². The Labute approximate surface area is 114 Å². The van der Waals surface area contributed by atoms with E-state index in [1.807, 2.05) is 12.1 Å². The van der Waals surface area contributed by atoms with E-state index >= 15 is 0 Å². The second kappa shape index (κ2) is 5.98. The van der Waals surface area contributed by atoms with Gasteiger partial charge in [0.1, 0.15) is 5.82 Å². The van der Waals surface area contributed by atoms with Gasteiger partial charge in [-0.1, -0.05) is 42.0 Å². The number of hydrogen-bond donors (Lipinski definition) is 1. The molecule has 0 aliphatic carbocycles. The molecular formula is C17H20FN. The number of hydrogen-bond acceptors (Lipinski definition) is 1. The molecule has 0 fully saturated rings. The molecule has 0 unspecified atom stereocenters. The number of aryl methyl sites for hydroxylation is 2. The van der Waals surface area contributed by atoms with E-state index in [0.717, 1.165) is 5.56 Å². The van der Waals surface area contributed by atoms with Gasteiger partial charge >= 0.3 is 0 Å². The number of benzene rings is 2. The Kier molecular flexibility index (Phi) is 4.33. The fourth-order valence-electron chi connectivity index (χ4n) is 2.07. The molecule has 0 aliphatic heterocycles. The monoisotopic (exact) mass is 257 g/mol. The fraction of sp³-hybridized carbons (Fsp3) is 0.294. The highest BCUT2D eigenvalue weighted by atomic mass is 19.1. The summed E-state index contributed by atoms with van der Waals surface area (Å²) in [5.41, 5.74) is 4.18. The zero-order valence-electron chi connectivity index (χ0n) is 11.7. The van der Waals surface area contributed by atoms with Crippen molar-refractivity contribution in [3.8, 4) is 0 Å². The van der Waals surface area contributed by atoms with Crippen LogP contribution >= 0.6 is 0 Å². The van der Waals surface area contributed by atoms with Crippen LogP contribution in [0.1, 0.15) is 35.2 Å². The van der Waals surface area contributed by atoms with Crippen molar-refractivity contribution in [3.05, 3.63) is 70.5 Å². The first kappa shape index (κ1) is 13.8. The molecule has 2 heteroatoms. The summed E-state index contributed by atoms with van der Waals surface area (Å²) in [6.45, 7) is 6.67. The van der Waals surface area contributed by atoms with Crippen molar-refractivity contribution in [1.82, 2.24) is 5.32 Å².